The first-order chi connectivity index (χ1) is 11.6. The normalized spacial score (nSPS) is 17.8. The predicted molar refractivity (Wildman–Crippen MR) is 95.3 cm³/mol. The molecule has 0 saturated carbocycles. The van der Waals surface area contributed by atoms with Crippen molar-refractivity contribution in [2.45, 2.75) is 39.2 Å². The summed E-state index contributed by atoms with van der Waals surface area (Å²) in [6, 6.07) is 5.18. The molecule has 3 rings (SSSR count). The summed E-state index contributed by atoms with van der Waals surface area (Å²) in [5.41, 5.74) is 1.66. The van der Waals surface area contributed by atoms with Crippen LogP contribution in [0.1, 0.15) is 40.0 Å². The zero-order chi connectivity index (χ0) is 17.1. The lowest BCUT2D eigenvalue weighted by Gasteiger charge is -2.35. The van der Waals surface area contributed by atoms with Gasteiger partial charge in [-0.25, -0.2) is 9.37 Å². The molecule has 24 heavy (non-hydrogen) atoms. The average molecular weight is 347 g/mol. The summed E-state index contributed by atoms with van der Waals surface area (Å²) in [5.74, 6) is -0.286. The number of nitrogens with one attached hydrogen (secondary N) is 1. The van der Waals surface area contributed by atoms with Gasteiger partial charge in [0.15, 0.2) is 0 Å². The number of aryl methyl sites for hydroxylation is 2. The highest BCUT2D eigenvalue weighted by atomic mass is 32.1. The highest BCUT2D eigenvalue weighted by Gasteiger charge is 2.24. The van der Waals surface area contributed by atoms with Gasteiger partial charge in [0.2, 0.25) is 0 Å². The summed E-state index contributed by atoms with van der Waals surface area (Å²) in [6.07, 6.45) is 4.32. The number of nitrogens with zero attached hydrogens (tertiary/aromatic N) is 2. The third-order valence-corrected chi connectivity index (χ3v) is 5.42. The number of carbonyl (C=O) groups excluding carboxylic acids is 1. The molecule has 0 spiro atoms. The molecule has 1 saturated heterocycles. The molecular formula is C18H22FN3OS. The number of amides is 1. The summed E-state index contributed by atoms with van der Waals surface area (Å²) in [7, 11) is 0. The number of anilines is 1. The molecule has 1 fully saturated rings. The summed E-state index contributed by atoms with van der Waals surface area (Å²) in [4.78, 5) is 19.3. The maximum Gasteiger partial charge on any atom is 0.263 e. The van der Waals surface area contributed by atoms with Crippen LogP contribution in [0, 0.1) is 12.7 Å². The van der Waals surface area contributed by atoms with Crippen LogP contribution in [0.15, 0.2) is 24.4 Å². The van der Waals surface area contributed by atoms with Crippen LogP contribution in [0.4, 0.5) is 10.1 Å². The van der Waals surface area contributed by atoms with Crippen molar-refractivity contribution in [2.75, 3.05) is 18.0 Å². The van der Waals surface area contributed by atoms with E-state index in [2.05, 4.69) is 10.3 Å². The molecular weight excluding hydrogens is 325 g/mol. The topological polar surface area (TPSA) is 45.2 Å². The quantitative estimate of drug-likeness (QED) is 0.920. The Bertz CT molecular complexity index is 731. The van der Waals surface area contributed by atoms with Gasteiger partial charge < -0.3 is 10.2 Å². The standard InChI is InChI=1S/C18H22FN3OS/c1-3-17-20-10-16(24-17)18(23)21-13-5-4-8-22(11-13)15-9-12(2)6-7-14(15)19/h6-7,9-10,13H,3-5,8,11H2,1-2H3,(H,21,23). The summed E-state index contributed by atoms with van der Waals surface area (Å²) < 4.78 is 14.1. The molecule has 1 atom stereocenters. The minimum absolute atomic E-state index is 0.0262. The predicted octanol–water partition coefficient (Wildman–Crippen LogP) is 3.55. The van der Waals surface area contributed by atoms with Crippen LogP contribution >= 0.6 is 11.3 Å². The molecule has 128 valence electrons. The van der Waals surface area contributed by atoms with Gasteiger partial charge in [0.25, 0.3) is 5.91 Å². The Kier molecular flexibility index (Phi) is 5.14. The second kappa shape index (κ2) is 7.30. The number of halogens is 1. The maximum atomic E-state index is 14.1. The molecule has 1 unspecified atom stereocenters. The Morgan fingerprint density at radius 1 is 1.50 bits per heavy atom. The van der Waals surface area contributed by atoms with Crippen LogP contribution < -0.4 is 10.2 Å². The fraction of sp³-hybridized carbons (Fsp3) is 0.444. The van der Waals surface area contributed by atoms with Crippen molar-refractivity contribution in [3.05, 3.63) is 45.7 Å². The second-order valence-corrected chi connectivity index (χ2v) is 7.30. The summed E-state index contributed by atoms with van der Waals surface area (Å²) in [5, 5.41) is 4.04. The molecule has 4 nitrogen and oxygen atoms in total. The maximum absolute atomic E-state index is 14.1. The summed E-state index contributed by atoms with van der Waals surface area (Å²) >= 11 is 1.43. The number of aromatic nitrogens is 1. The Hall–Kier alpha value is -1.95. The summed E-state index contributed by atoms with van der Waals surface area (Å²) in [6.45, 7) is 5.43. The van der Waals surface area contributed by atoms with Gasteiger partial charge in [-0.05, 0) is 43.9 Å². The molecule has 1 aromatic heterocycles. The molecule has 1 amide bonds. The molecule has 0 bridgehead atoms. The minimum atomic E-state index is -0.206. The lowest BCUT2D eigenvalue weighted by Crippen LogP contribution is -2.48. The van der Waals surface area contributed by atoms with E-state index in [1.807, 2.05) is 24.8 Å². The largest absolute Gasteiger partial charge is 0.367 e. The number of benzene rings is 1. The van der Waals surface area contributed by atoms with Crippen LogP contribution in [0.5, 0.6) is 0 Å². The van der Waals surface area contributed by atoms with E-state index in [9.17, 15) is 9.18 Å². The van der Waals surface area contributed by atoms with Crippen molar-refractivity contribution < 1.29 is 9.18 Å². The van der Waals surface area contributed by atoms with E-state index in [1.54, 1.807) is 12.3 Å². The Morgan fingerprint density at radius 3 is 3.08 bits per heavy atom. The van der Waals surface area contributed by atoms with E-state index in [-0.39, 0.29) is 17.8 Å². The number of hydrogen-bond donors (Lipinski definition) is 1. The van der Waals surface area contributed by atoms with Crippen LogP contribution in [-0.2, 0) is 6.42 Å². The van der Waals surface area contributed by atoms with Gasteiger partial charge in [0, 0.05) is 19.1 Å². The van der Waals surface area contributed by atoms with Gasteiger partial charge in [-0.1, -0.05) is 13.0 Å². The van der Waals surface area contributed by atoms with E-state index < -0.39 is 0 Å². The van der Waals surface area contributed by atoms with Crippen molar-refractivity contribution in [3.8, 4) is 0 Å². The first-order valence-corrected chi connectivity index (χ1v) is 9.15. The average Bonchev–Trinajstić information content (AvgIpc) is 3.06. The molecule has 2 aromatic rings. The smallest absolute Gasteiger partial charge is 0.263 e. The number of carbonyl (C=O) groups is 1. The molecule has 0 radical (unpaired) electrons. The number of thiazole rings is 1. The lowest BCUT2D eigenvalue weighted by atomic mass is 10.0. The van der Waals surface area contributed by atoms with E-state index in [1.165, 1.54) is 17.4 Å². The zero-order valence-electron chi connectivity index (χ0n) is 14.0. The molecule has 1 aliphatic rings. The number of hydrogen-bond acceptors (Lipinski definition) is 4. The Balaban J connectivity index is 1.67. The fourth-order valence-electron chi connectivity index (χ4n) is 3.01. The molecule has 1 N–H and O–H groups in total. The fourth-order valence-corrected chi connectivity index (χ4v) is 3.77. The molecule has 1 aromatic carbocycles. The van der Waals surface area contributed by atoms with E-state index in [0.29, 0.717) is 17.1 Å². The van der Waals surface area contributed by atoms with Gasteiger partial charge in [0.1, 0.15) is 10.7 Å². The Labute approximate surface area is 145 Å². The van der Waals surface area contributed by atoms with Crippen LogP contribution in [-0.4, -0.2) is 30.0 Å². The number of rotatable bonds is 4. The van der Waals surface area contributed by atoms with Crippen molar-refractivity contribution in [3.63, 3.8) is 0 Å². The first-order valence-electron chi connectivity index (χ1n) is 8.33. The lowest BCUT2D eigenvalue weighted by molar-refractivity contribution is 0.0937. The van der Waals surface area contributed by atoms with Crippen molar-refractivity contribution in [1.82, 2.24) is 10.3 Å². The van der Waals surface area contributed by atoms with E-state index in [4.69, 9.17) is 0 Å². The van der Waals surface area contributed by atoms with Crippen LogP contribution in [0.3, 0.4) is 0 Å². The highest BCUT2D eigenvalue weighted by molar-refractivity contribution is 7.13. The van der Waals surface area contributed by atoms with Gasteiger partial charge >= 0.3 is 0 Å². The van der Waals surface area contributed by atoms with Gasteiger partial charge in [-0.15, -0.1) is 11.3 Å². The molecule has 6 heteroatoms. The Morgan fingerprint density at radius 2 is 2.33 bits per heavy atom. The third-order valence-electron chi connectivity index (χ3n) is 4.28. The number of piperidine rings is 1. The van der Waals surface area contributed by atoms with Gasteiger partial charge in [-0.3, -0.25) is 4.79 Å². The highest BCUT2D eigenvalue weighted by Crippen LogP contribution is 2.24. The van der Waals surface area contributed by atoms with Crippen molar-refractivity contribution in [1.29, 1.82) is 0 Å². The molecule has 1 aliphatic heterocycles. The van der Waals surface area contributed by atoms with E-state index in [0.717, 1.165) is 36.4 Å². The SMILES string of the molecule is CCc1ncc(C(=O)NC2CCCN(c3cc(C)ccc3F)C2)s1. The second-order valence-electron chi connectivity index (χ2n) is 6.19. The monoisotopic (exact) mass is 347 g/mol. The van der Waals surface area contributed by atoms with Crippen LogP contribution in [0.25, 0.3) is 0 Å². The van der Waals surface area contributed by atoms with Gasteiger partial charge in [0.05, 0.1) is 16.9 Å². The minimum Gasteiger partial charge on any atom is -0.367 e. The molecule has 0 aliphatic carbocycles. The first kappa shape index (κ1) is 16.9. The van der Waals surface area contributed by atoms with Crippen molar-refractivity contribution >= 4 is 22.9 Å². The van der Waals surface area contributed by atoms with Crippen molar-refractivity contribution in [2.24, 2.45) is 0 Å². The molecule has 2 heterocycles. The van der Waals surface area contributed by atoms with E-state index >= 15 is 0 Å². The van der Waals surface area contributed by atoms with Gasteiger partial charge in [-0.2, -0.15) is 0 Å². The van der Waals surface area contributed by atoms with Crippen LogP contribution in [0.2, 0.25) is 0 Å². The zero-order valence-corrected chi connectivity index (χ0v) is 14.8. The third kappa shape index (κ3) is 3.75.